The number of hydrogen-bond donors (Lipinski definition) is 7. The average molecular weight is 993 g/mol. The number of ketones is 2. The summed E-state index contributed by atoms with van der Waals surface area (Å²) in [7, 11) is 5.87. The number of carbonyl (C=O) groups excluding carboxylic acids is 4. The maximum atomic E-state index is 14.3. The van der Waals surface area contributed by atoms with Crippen molar-refractivity contribution >= 4 is 58.0 Å². The van der Waals surface area contributed by atoms with Gasteiger partial charge >= 0.3 is 0 Å². The first-order valence-electron chi connectivity index (χ1n) is 24.3. The second kappa shape index (κ2) is 22.0. The molecule has 0 spiro atoms. The number of carbonyl (C=O) groups is 4. The number of phenols is 1. The Balaban J connectivity index is 0.930. The van der Waals surface area contributed by atoms with Crippen LogP contribution in [0.5, 0.6) is 23.0 Å². The van der Waals surface area contributed by atoms with Crippen LogP contribution in [0.4, 0.5) is 5.69 Å². The summed E-state index contributed by atoms with van der Waals surface area (Å²) < 4.78 is 16.6. The molecule has 15 nitrogen and oxygen atoms in total. The van der Waals surface area contributed by atoms with Gasteiger partial charge in [-0.3, -0.25) is 24.1 Å². The summed E-state index contributed by atoms with van der Waals surface area (Å²) in [6.07, 6.45) is 8.36. The van der Waals surface area contributed by atoms with Gasteiger partial charge in [0.2, 0.25) is 11.7 Å². The average Bonchev–Trinajstić information content (AvgIpc) is 3.36. The van der Waals surface area contributed by atoms with Gasteiger partial charge in [0.25, 0.3) is 5.91 Å². The van der Waals surface area contributed by atoms with Gasteiger partial charge in [-0.1, -0.05) is 51.5 Å². The summed E-state index contributed by atoms with van der Waals surface area (Å²) >= 11 is 0. The Morgan fingerprint density at radius 3 is 1.63 bits per heavy atom. The standard InChI is InChI=1S/C55H66N3O12P/c1-32-39-29-30-40(48(60)43(39)49(61)44-42(32)50(62)46-47(58(2)3)51(63)45(54(56)66)53(65)55(46,67)52(44)64)57-41(59)16-14-12-10-8-7-9-11-13-15-31-71(36-23-17-33(68-4)18-24-36,37-25-19-34(69-5)20-26-37)38-27-21-35(70-6)22-28-38/h17-30,32,42,46-47,50,62,67H,7-16,31H2,1-6H3,(H5-,56,57,59,60,61,63,64,65,66)/p+1/t32-,42+,46+,47-,50-,55-/m0/s1. The van der Waals surface area contributed by atoms with Crippen LogP contribution in [-0.2, 0) is 19.2 Å². The molecule has 16 heteroatoms. The molecule has 0 aromatic heterocycles. The lowest BCUT2D eigenvalue weighted by atomic mass is 9.54. The number of fused-ring (bicyclic) bond motifs is 3. The topological polar surface area (TPSA) is 238 Å². The normalized spacial score (nSPS) is 21.9. The molecule has 7 rings (SSSR count). The zero-order valence-corrected chi connectivity index (χ0v) is 42.2. The van der Waals surface area contributed by atoms with Crippen LogP contribution in [0.1, 0.15) is 88.2 Å². The van der Waals surface area contributed by atoms with E-state index in [1.165, 1.54) is 41.0 Å². The van der Waals surface area contributed by atoms with Crippen molar-refractivity contribution in [2.45, 2.75) is 94.8 Å². The van der Waals surface area contributed by atoms with Gasteiger partial charge < -0.3 is 50.8 Å². The molecule has 8 N–H and O–H groups in total. The number of hydrogen-bond acceptors (Lipinski definition) is 13. The number of likely N-dealkylation sites (N-methyl/N-ethyl adjacent to an activating group) is 1. The van der Waals surface area contributed by atoms with Gasteiger partial charge in [-0.25, -0.2) is 0 Å². The molecular weight excluding hydrogens is 926 g/mol. The molecule has 71 heavy (non-hydrogen) atoms. The van der Waals surface area contributed by atoms with Crippen molar-refractivity contribution < 1.29 is 58.9 Å². The molecule has 6 atom stereocenters. The molecule has 1 fully saturated rings. The van der Waals surface area contributed by atoms with Crippen LogP contribution in [0.3, 0.4) is 0 Å². The molecule has 3 aliphatic rings. The lowest BCUT2D eigenvalue weighted by Gasteiger charge is -2.53. The molecule has 4 aromatic rings. The highest BCUT2D eigenvalue weighted by molar-refractivity contribution is 7.95. The van der Waals surface area contributed by atoms with Gasteiger partial charge in [0.05, 0.1) is 56.8 Å². The minimum Gasteiger partial charge on any atom is -0.508 e. The molecular formula is C55H67N3O12P+. The molecule has 0 radical (unpaired) electrons. The number of amides is 2. The van der Waals surface area contributed by atoms with Crippen molar-refractivity contribution in [3.05, 3.63) is 113 Å². The Kier molecular flexibility index (Phi) is 16.3. The van der Waals surface area contributed by atoms with Crippen LogP contribution in [0.25, 0.3) is 5.76 Å². The fourth-order valence-electron chi connectivity index (χ4n) is 11.1. The number of methoxy groups -OCH3 is 3. The number of anilines is 1. The van der Waals surface area contributed by atoms with Crippen molar-refractivity contribution in [1.29, 1.82) is 0 Å². The summed E-state index contributed by atoms with van der Waals surface area (Å²) in [4.78, 5) is 54.6. The fourth-order valence-corrected chi connectivity index (χ4v) is 15.5. The Morgan fingerprint density at radius 1 is 0.718 bits per heavy atom. The summed E-state index contributed by atoms with van der Waals surface area (Å²) in [5.41, 5.74) is 1.06. The third-order valence-corrected chi connectivity index (χ3v) is 19.4. The number of ether oxygens (including phenoxy) is 3. The van der Waals surface area contributed by atoms with E-state index in [9.17, 15) is 44.7 Å². The second-order valence-corrected chi connectivity index (χ2v) is 22.7. The summed E-state index contributed by atoms with van der Waals surface area (Å²) in [5, 5.41) is 64.7. The smallest absolute Gasteiger partial charge is 0.255 e. The second-order valence-electron chi connectivity index (χ2n) is 19.1. The Hall–Kier alpha value is -6.25. The molecule has 2 amide bonds. The number of Topliss-reactive ketones (excluding diaryl/α,β-unsaturated/α-hetero) is 2. The van der Waals surface area contributed by atoms with Crippen molar-refractivity contribution in [3.8, 4) is 23.0 Å². The number of aliphatic hydroxyl groups is 4. The van der Waals surface area contributed by atoms with Crippen LogP contribution in [-0.4, -0.2) is 113 Å². The minimum absolute atomic E-state index is 0.0157. The van der Waals surface area contributed by atoms with Crippen LogP contribution < -0.4 is 41.2 Å². The predicted octanol–water partition coefficient (Wildman–Crippen LogP) is 6.36. The highest BCUT2D eigenvalue weighted by Crippen LogP contribution is 2.58. The number of phenolic OH excluding ortho intramolecular Hbond substituents is 1. The first-order valence-corrected chi connectivity index (χ1v) is 26.3. The van der Waals surface area contributed by atoms with Crippen molar-refractivity contribution in [1.82, 2.24) is 4.90 Å². The monoisotopic (exact) mass is 992 g/mol. The lowest BCUT2D eigenvalue weighted by Crippen LogP contribution is -2.70. The number of aromatic hydroxyl groups is 1. The van der Waals surface area contributed by atoms with E-state index >= 15 is 0 Å². The highest BCUT2D eigenvalue weighted by atomic mass is 31.2. The van der Waals surface area contributed by atoms with Gasteiger partial charge in [-0.2, -0.15) is 0 Å². The van der Waals surface area contributed by atoms with E-state index in [1.807, 2.05) is 36.4 Å². The van der Waals surface area contributed by atoms with E-state index < -0.39 is 88.7 Å². The highest BCUT2D eigenvalue weighted by Gasteiger charge is 2.68. The van der Waals surface area contributed by atoms with Crippen molar-refractivity contribution in [2.24, 2.45) is 17.6 Å². The van der Waals surface area contributed by atoms with Crippen molar-refractivity contribution in [2.75, 3.05) is 46.9 Å². The Labute approximate surface area is 415 Å². The van der Waals surface area contributed by atoms with E-state index in [0.29, 0.717) is 12.0 Å². The maximum Gasteiger partial charge on any atom is 0.255 e. The van der Waals surface area contributed by atoms with Crippen LogP contribution in [0, 0.1) is 11.8 Å². The van der Waals surface area contributed by atoms with Gasteiger partial charge in [0, 0.05) is 17.9 Å². The largest absolute Gasteiger partial charge is 0.508 e. The van der Waals surface area contributed by atoms with E-state index in [1.54, 1.807) is 34.3 Å². The number of nitrogens with two attached hydrogens (primary N) is 1. The van der Waals surface area contributed by atoms with Crippen LogP contribution in [0.2, 0.25) is 0 Å². The molecule has 3 aliphatic carbocycles. The van der Waals surface area contributed by atoms with Gasteiger partial charge in [0.1, 0.15) is 63.3 Å². The van der Waals surface area contributed by atoms with E-state index in [0.717, 1.165) is 74.8 Å². The SMILES string of the molecule is COc1ccc([P+](CCCCCCCCCCCC(=O)Nc2ccc3c(c2O)C(O)=C2C(=O)[C@]4(O)C(O)=C(C(N)=O)C(=O)[C@@H](N(C)C)[C@@H]4[C@@H](O)[C@@H]2[C@H]3C)(c2ccc(OC)cc2)c2ccc(OC)cc2)cc1. The maximum absolute atomic E-state index is 14.3. The van der Waals surface area contributed by atoms with E-state index in [2.05, 4.69) is 41.7 Å². The Morgan fingerprint density at radius 2 is 1.18 bits per heavy atom. The molecule has 1 saturated carbocycles. The number of nitrogens with zero attached hydrogens (tertiary/aromatic N) is 1. The van der Waals surface area contributed by atoms with Gasteiger partial charge in [-0.05, 0) is 124 Å². The Bertz CT molecular complexity index is 2570. The van der Waals surface area contributed by atoms with Crippen LogP contribution >= 0.6 is 7.26 Å². The third-order valence-electron chi connectivity index (χ3n) is 14.8. The van der Waals surface area contributed by atoms with Gasteiger partial charge in [-0.15, -0.1) is 0 Å². The molecule has 0 saturated heterocycles. The first kappa shape index (κ1) is 52.6. The molecule has 0 aliphatic heterocycles. The predicted molar refractivity (Wildman–Crippen MR) is 275 cm³/mol. The minimum atomic E-state index is -3.02. The number of rotatable bonds is 21. The number of primary amides is 1. The number of nitrogens with one attached hydrogen (secondary N) is 1. The first-order chi connectivity index (χ1) is 34.0. The lowest BCUT2D eigenvalue weighted by molar-refractivity contribution is -0.169. The van der Waals surface area contributed by atoms with Crippen molar-refractivity contribution in [3.63, 3.8) is 0 Å². The zero-order chi connectivity index (χ0) is 51.4. The fraction of sp³-hybridized carbons (Fsp3) is 0.418. The molecule has 0 unspecified atom stereocenters. The van der Waals surface area contributed by atoms with E-state index in [4.69, 9.17) is 19.9 Å². The molecule has 0 bridgehead atoms. The van der Waals surface area contributed by atoms with E-state index in [-0.39, 0.29) is 23.6 Å². The molecule has 378 valence electrons. The third kappa shape index (κ3) is 9.77. The summed E-state index contributed by atoms with van der Waals surface area (Å²) in [6, 6.07) is 27.1. The number of benzene rings is 4. The zero-order valence-electron chi connectivity index (χ0n) is 41.3. The van der Waals surface area contributed by atoms with Crippen LogP contribution in [0.15, 0.2) is 102 Å². The quantitative estimate of drug-likeness (QED) is 0.0209. The number of aliphatic hydroxyl groups excluding tert-OH is 3. The number of unbranched alkanes of at least 4 members (excludes halogenated alkanes) is 8. The van der Waals surface area contributed by atoms with Gasteiger partial charge in [0.15, 0.2) is 11.4 Å². The summed E-state index contributed by atoms with van der Waals surface area (Å²) in [5.74, 6) is -7.73. The molecule has 4 aromatic carbocycles. The summed E-state index contributed by atoms with van der Waals surface area (Å²) in [6.45, 7) is 1.65. The molecule has 0 heterocycles.